The molecule has 1 saturated carbocycles. The first-order valence-electron chi connectivity index (χ1n) is 10.5. The van der Waals surface area contributed by atoms with E-state index in [0.29, 0.717) is 37.8 Å². The van der Waals surface area contributed by atoms with Crippen LogP contribution in [0.15, 0.2) is 24.3 Å². The number of nitrogens with zero attached hydrogens (tertiary/aromatic N) is 1. The van der Waals surface area contributed by atoms with Crippen molar-refractivity contribution >= 4 is 33.2 Å². The summed E-state index contributed by atoms with van der Waals surface area (Å²) in [4.78, 5) is 26.4. The van der Waals surface area contributed by atoms with Gasteiger partial charge in [0, 0.05) is 36.3 Å². The van der Waals surface area contributed by atoms with Gasteiger partial charge in [-0.05, 0) is 76.6 Å². The lowest BCUT2D eigenvalue weighted by molar-refractivity contribution is -0.121. The highest BCUT2D eigenvalue weighted by atomic mass is 32.2. The summed E-state index contributed by atoms with van der Waals surface area (Å²) in [5.41, 5.74) is 1.58. The molecule has 3 rings (SSSR count). The lowest BCUT2D eigenvalue weighted by Gasteiger charge is -2.29. The van der Waals surface area contributed by atoms with Crippen LogP contribution < -0.4 is 14.9 Å². The van der Waals surface area contributed by atoms with Gasteiger partial charge < -0.3 is 10.2 Å². The third kappa shape index (κ3) is 5.57. The van der Waals surface area contributed by atoms with Crippen LogP contribution in [-0.2, 0) is 19.6 Å². The van der Waals surface area contributed by atoms with E-state index in [2.05, 4.69) is 10.0 Å². The van der Waals surface area contributed by atoms with Gasteiger partial charge in [0.05, 0.1) is 5.25 Å². The average molecular weight is 422 g/mol. The van der Waals surface area contributed by atoms with Crippen molar-refractivity contribution in [3.63, 3.8) is 0 Å². The number of carbonyl (C=O) groups is 2. The number of nitrogens with one attached hydrogen (secondary N) is 2. The summed E-state index contributed by atoms with van der Waals surface area (Å²) in [6.45, 7) is 4.07. The van der Waals surface area contributed by atoms with Crippen molar-refractivity contribution < 1.29 is 18.0 Å². The summed E-state index contributed by atoms with van der Waals surface area (Å²) >= 11 is 0. The van der Waals surface area contributed by atoms with Gasteiger partial charge in [-0.3, -0.25) is 9.59 Å². The first kappa shape index (κ1) is 21.8. The van der Waals surface area contributed by atoms with E-state index in [1.54, 1.807) is 18.7 Å². The molecule has 0 unspecified atom stereocenters. The van der Waals surface area contributed by atoms with Crippen molar-refractivity contribution in [2.45, 2.75) is 70.1 Å². The van der Waals surface area contributed by atoms with Gasteiger partial charge in [0.1, 0.15) is 0 Å². The van der Waals surface area contributed by atoms with E-state index < -0.39 is 15.3 Å². The zero-order chi connectivity index (χ0) is 21.0. The van der Waals surface area contributed by atoms with Gasteiger partial charge in [-0.15, -0.1) is 0 Å². The monoisotopic (exact) mass is 421 g/mol. The molecule has 0 radical (unpaired) electrons. The van der Waals surface area contributed by atoms with Gasteiger partial charge in [-0.25, -0.2) is 13.1 Å². The number of hydrogen-bond acceptors (Lipinski definition) is 4. The number of benzene rings is 1. The highest BCUT2D eigenvalue weighted by molar-refractivity contribution is 7.90. The lowest BCUT2D eigenvalue weighted by Crippen LogP contribution is -2.42. The second-order valence-electron chi connectivity index (χ2n) is 8.30. The van der Waals surface area contributed by atoms with Gasteiger partial charge in [-0.1, -0.05) is 0 Å². The van der Waals surface area contributed by atoms with E-state index in [4.69, 9.17) is 0 Å². The van der Waals surface area contributed by atoms with Crippen LogP contribution in [0.5, 0.6) is 0 Å². The molecule has 160 valence electrons. The molecule has 1 saturated heterocycles. The van der Waals surface area contributed by atoms with Crippen LogP contribution in [0, 0.1) is 5.92 Å². The Morgan fingerprint density at radius 3 is 2.31 bits per heavy atom. The van der Waals surface area contributed by atoms with Crippen LogP contribution in [-0.4, -0.2) is 38.1 Å². The van der Waals surface area contributed by atoms with E-state index >= 15 is 0 Å². The zero-order valence-corrected chi connectivity index (χ0v) is 18.0. The third-order valence-electron chi connectivity index (χ3n) is 5.82. The molecule has 1 aliphatic carbocycles. The molecule has 1 aromatic carbocycles. The minimum atomic E-state index is -3.28. The van der Waals surface area contributed by atoms with Crippen LogP contribution in [0.3, 0.4) is 0 Å². The summed E-state index contributed by atoms with van der Waals surface area (Å²) in [5.74, 6) is 0.00741. The minimum Gasteiger partial charge on any atom is -0.326 e. The number of sulfonamides is 1. The Labute approximate surface area is 173 Å². The van der Waals surface area contributed by atoms with Gasteiger partial charge in [0.2, 0.25) is 21.8 Å². The molecule has 2 aliphatic rings. The summed E-state index contributed by atoms with van der Waals surface area (Å²) in [7, 11) is -3.28. The van der Waals surface area contributed by atoms with Crippen LogP contribution in [0.4, 0.5) is 11.4 Å². The Bertz CT molecular complexity index is 828. The Balaban J connectivity index is 1.50. The second-order valence-corrected chi connectivity index (χ2v) is 10.6. The summed E-state index contributed by atoms with van der Waals surface area (Å²) < 4.78 is 26.8. The van der Waals surface area contributed by atoms with Crippen LogP contribution in [0.2, 0.25) is 0 Å². The fraction of sp³-hybridized carbons (Fsp3) is 0.619. The average Bonchev–Trinajstić information content (AvgIpc) is 2.69. The molecule has 0 spiro atoms. The Morgan fingerprint density at radius 1 is 1.07 bits per heavy atom. The fourth-order valence-corrected chi connectivity index (χ4v) is 4.86. The maximum atomic E-state index is 12.6. The van der Waals surface area contributed by atoms with Crippen molar-refractivity contribution in [3.05, 3.63) is 24.3 Å². The fourth-order valence-electron chi connectivity index (χ4n) is 3.89. The quantitative estimate of drug-likeness (QED) is 0.738. The second kappa shape index (κ2) is 9.26. The summed E-state index contributed by atoms with van der Waals surface area (Å²) in [5, 5.41) is 2.50. The van der Waals surface area contributed by atoms with E-state index in [1.807, 2.05) is 24.3 Å². The molecule has 29 heavy (non-hydrogen) atoms. The van der Waals surface area contributed by atoms with Gasteiger partial charge in [0.25, 0.3) is 0 Å². The first-order valence-corrected chi connectivity index (χ1v) is 12.0. The maximum absolute atomic E-state index is 12.6. The van der Waals surface area contributed by atoms with Crippen LogP contribution in [0.1, 0.15) is 58.8 Å². The standard InChI is InChI=1S/C21H31N3O4S/c1-15(2)29(27,28)23-18-8-6-16(7-9-18)21(26)22-17-10-12-19(13-11-17)24-14-4-3-5-20(24)25/h10-13,15-16,18,23H,3-9,14H2,1-2H3,(H,22,26)/t16-,18-. The molecule has 1 aliphatic heterocycles. The molecule has 2 fully saturated rings. The topological polar surface area (TPSA) is 95.6 Å². The zero-order valence-electron chi connectivity index (χ0n) is 17.2. The summed E-state index contributed by atoms with van der Waals surface area (Å²) in [6.07, 6.45) is 5.22. The van der Waals surface area contributed by atoms with Crippen LogP contribution >= 0.6 is 0 Å². The normalized spacial score (nSPS) is 23.3. The van der Waals surface area contributed by atoms with Gasteiger partial charge in [0.15, 0.2) is 0 Å². The molecule has 0 atom stereocenters. The van der Waals surface area contributed by atoms with E-state index in [1.165, 1.54) is 0 Å². The number of rotatable bonds is 6. The number of amides is 2. The number of carbonyl (C=O) groups excluding carboxylic acids is 2. The van der Waals surface area contributed by atoms with Crippen LogP contribution in [0.25, 0.3) is 0 Å². The Morgan fingerprint density at radius 2 is 1.72 bits per heavy atom. The predicted octanol–water partition coefficient (Wildman–Crippen LogP) is 3.03. The van der Waals surface area contributed by atoms with Crippen molar-refractivity contribution in [1.29, 1.82) is 0 Å². The molecule has 2 N–H and O–H groups in total. The SMILES string of the molecule is CC(C)S(=O)(=O)N[C@H]1CC[C@H](C(=O)Nc2ccc(N3CCCCC3=O)cc2)CC1. The van der Waals surface area contributed by atoms with Gasteiger partial charge >= 0.3 is 0 Å². The largest absolute Gasteiger partial charge is 0.326 e. The molecular weight excluding hydrogens is 390 g/mol. The molecular formula is C21H31N3O4S. The predicted molar refractivity (Wildman–Crippen MR) is 114 cm³/mol. The van der Waals surface area contributed by atoms with E-state index in [0.717, 1.165) is 25.1 Å². The molecule has 7 nitrogen and oxygen atoms in total. The van der Waals surface area contributed by atoms with Gasteiger partial charge in [-0.2, -0.15) is 0 Å². The molecule has 1 aromatic rings. The van der Waals surface area contributed by atoms with Crippen molar-refractivity contribution in [1.82, 2.24) is 4.72 Å². The first-order chi connectivity index (χ1) is 13.8. The van der Waals surface area contributed by atoms with Crippen molar-refractivity contribution in [3.8, 4) is 0 Å². The molecule has 2 amide bonds. The minimum absolute atomic E-state index is 0.0306. The van der Waals surface area contributed by atoms with E-state index in [-0.39, 0.29) is 23.8 Å². The Kier molecular flexibility index (Phi) is 6.95. The van der Waals surface area contributed by atoms with Crippen molar-refractivity contribution in [2.24, 2.45) is 5.92 Å². The third-order valence-corrected chi connectivity index (χ3v) is 7.72. The highest BCUT2D eigenvalue weighted by Crippen LogP contribution is 2.27. The number of anilines is 2. The molecule has 8 heteroatoms. The van der Waals surface area contributed by atoms with Crippen molar-refractivity contribution in [2.75, 3.05) is 16.8 Å². The van der Waals surface area contributed by atoms with E-state index in [9.17, 15) is 18.0 Å². The number of hydrogen-bond donors (Lipinski definition) is 2. The summed E-state index contributed by atoms with van der Waals surface area (Å²) in [6, 6.07) is 7.31. The molecule has 0 bridgehead atoms. The maximum Gasteiger partial charge on any atom is 0.227 e. The molecule has 0 aromatic heterocycles. The molecule has 1 heterocycles. The lowest BCUT2D eigenvalue weighted by atomic mass is 9.86. The smallest absolute Gasteiger partial charge is 0.227 e. The Hall–Kier alpha value is -1.93. The number of piperidine rings is 1. The highest BCUT2D eigenvalue weighted by Gasteiger charge is 2.29.